The second-order valence-electron chi connectivity index (χ2n) is 4.40. The van der Waals surface area contributed by atoms with Gasteiger partial charge in [-0.05, 0) is 37.0 Å². The molecule has 18 heavy (non-hydrogen) atoms. The van der Waals surface area contributed by atoms with Gasteiger partial charge in [0.15, 0.2) is 0 Å². The lowest BCUT2D eigenvalue weighted by Gasteiger charge is -2.15. The molecule has 0 aliphatic carbocycles. The first-order valence-electron chi connectivity index (χ1n) is 6.21. The Kier molecular flexibility index (Phi) is 6.83. The van der Waals surface area contributed by atoms with Gasteiger partial charge >= 0.3 is 0 Å². The van der Waals surface area contributed by atoms with Crippen molar-refractivity contribution in [3.8, 4) is 0 Å². The lowest BCUT2D eigenvalue weighted by atomic mass is 10.1. The average molecular weight is 266 g/mol. The zero-order valence-corrected chi connectivity index (χ0v) is 12.1. The molecule has 0 heterocycles. The van der Waals surface area contributed by atoms with Gasteiger partial charge in [0, 0.05) is 25.2 Å². The van der Waals surface area contributed by atoms with Crippen molar-refractivity contribution in [1.82, 2.24) is 5.32 Å². The molecule has 1 atom stereocenters. The Bertz CT molecular complexity index is 382. The van der Waals surface area contributed by atoms with E-state index in [1.54, 1.807) is 0 Å². The fourth-order valence-corrected chi connectivity index (χ4v) is 2.26. The van der Waals surface area contributed by atoms with Crippen LogP contribution < -0.4 is 10.6 Å². The van der Waals surface area contributed by atoms with E-state index in [0.29, 0.717) is 6.04 Å². The number of benzene rings is 1. The highest BCUT2D eigenvalue weighted by atomic mass is 32.2. The minimum atomic E-state index is -0.0297. The van der Waals surface area contributed by atoms with E-state index in [1.165, 1.54) is 12.7 Å². The summed E-state index contributed by atoms with van der Waals surface area (Å²) in [5.74, 6) is 1.14. The highest BCUT2D eigenvalue weighted by molar-refractivity contribution is 7.98. The van der Waals surface area contributed by atoms with Crippen LogP contribution in [0.1, 0.15) is 25.8 Å². The van der Waals surface area contributed by atoms with Crippen molar-refractivity contribution >= 4 is 23.4 Å². The summed E-state index contributed by atoms with van der Waals surface area (Å²) < 4.78 is 0. The van der Waals surface area contributed by atoms with E-state index in [4.69, 9.17) is 0 Å². The first-order valence-corrected chi connectivity index (χ1v) is 7.60. The molecule has 0 aliphatic rings. The monoisotopic (exact) mass is 266 g/mol. The number of amides is 1. The van der Waals surface area contributed by atoms with Crippen LogP contribution in [0.25, 0.3) is 0 Å². The molecule has 2 N–H and O–H groups in total. The zero-order chi connectivity index (χ0) is 13.4. The number of carbonyl (C=O) groups is 1. The normalized spacial score (nSPS) is 12.2. The molecule has 3 nitrogen and oxygen atoms in total. The number of hydrogen-bond acceptors (Lipinski definition) is 3. The molecule has 0 spiro atoms. The summed E-state index contributed by atoms with van der Waals surface area (Å²) in [6, 6.07) is 8.40. The summed E-state index contributed by atoms with van der Waals surface area (Å²) in [5, 5.41) is 6.34. The number of rotatable bonds is 7. The third-order valence-electron chi connectivity index (χ3n) is 2.72. The van der Waals surface area contributed by atoms with Gasteiger partial charge in [0.1, 0.15) is 0 Å². The van der Waals surface area contributed by atoms with Gasteiger partial charge in [-0.2, -0.15) is 11.8 Å². The highest BCUT2D eigenvalue weighted by Crippen LogP contribution is 2.15. The van der Waals surface area contributed by atoms with Gasteiger partial charge < -0.3 is 10.6 Å². The maximum absolute atomic E-state index is 11.1. The van der Waals surface area contributed by atoms with E-state index >= 15 is 0 Å². The lowest BCUT2D eigenvalue weighted by molar-refractivity contribution is -0.114. The van der Waals surface area contributed by atoms with Gasteiger partial charge in [-0.15, -0.1) is 0 Å². The molecule has 0 aromatic heterocycles. The third-order valence-corrected chi connectivity index (χ3v) is 3.37. The van der Waals surface area contributed by atoms with E-state index in [0.717, 1.165) is 24.2 Å². The van der Waals surface area contributed by atoms with Crippen LogP contribution in [0.2, 0.25) is 0 Å². The molecule has 0 fully saturated rings. The van der Waals surface area contributed by atoms with Crippen molar-refractivity contribution in [1.29, 1.82) is 0 Å². The molecule has 4 heteroatoms. The standard InChI is InChI=1S/C14H22N2OS/c1-11(8-9-18-3)15-10-13-6-4-5-7-14(13)16-12(2)17/h4-7,11,15H,8-10H2,1-3H3,(H,16,17). The molecule has 1 rings (SSSR count). The number of para-hydroxylation sites is 1. The Morgan fingerprint density at radius 3 is 2.78 bits per heavy atom. The molecule has 1 amide bonds. The molecule has 0 aliphatic heterocycles. The van der Waals surface area contributed by atoms with E-state index in [2.05, 4.69) is 23.8 Å². The number of hydrogen-bond donors (Lipinski definition) is 2. The van der Waals surface area contributed by atoms with Crippen LogP contribution in [0.5, 0.6) is 0 Å². The zero-order valence-electron chi connectivity index (χ0n) is 11.3. The second-order valence-corrected chi connectivity index (χ2v) is 5.39. The third kappa shape index (κ3) is 5.56. The van der Waals surface area contributed by atoms with Crippen LogP contribution in [-0.2, 0) is 11.3 Å². The Hall–Kier alpha value is -1.00. The quantitative estimate of drug-likeness (QED) is 0.797. The van der Waals surface area contributed by atoms with E-state index in [1.807, 2.05) is 36.0 Å². The fourth-order valence-electron chi connectivity index (χ4n) is 1.67. The molecule has 0 radical (unpaired) electrons. The first-order chi connectivity index (χ1) is 8.63. The van der Waals surface area contributed by atoms with Gasteiger partial charge in [-0.1, -0.05) is 18.2 Å². The summed E-state index contributed by atoms with van der Waals surface area (Å²) in [6.07, 6.45) is 3.28. The van der Waals surface area contributed by atoms with Crippen LogP contribution in [0.3, 0.4) is 0 Å². The molecule has 0 bridgehead atoms. The van der Waals surface area contributed by atoms with E-state index in [-0.39, 0.29) is 5.91 Å². The van der Waals surface area contributed by atoms with Gasteiger partial charge in [-0.25, -0.2) is 0 Å². The molecular weight excluding hydrogens is 244 g/mol. The number of anilines is 1. The fraction of sp³-hybridized carbons (Fsp3) is 0.500. The largest absolute Gasteiger partial charge is 0.326 e. The number of nitrogens with one attached hydrogen (secondary N) is 2. The van der Waals surface area contributed by atoms with Crippen molar-refractivity contribution in [3.05, 3.63) is 29.8 Å². The Morgan fingerprint density at radius 2 is 2.11 bits per heavy atom. The number of thioether (sulfide) groups is 1. The van der Waals surface area contributed by atoms with Crippen LogP contribution in [0.4, 0.5) is 5.69 Å². The smallest absolute Gasteiger partial charge is 0.221 e. The SMILES string of the molecule is CSCCC(C)NCc1ccccc1NC(C)=O. The average Bonchev–Trinajstić information content (AvgIpc) is 2.34. The van der Waals surface area contributed by atoms with Gasteiger partial charge in [-0.3, -0.25) is 4.79 Å². The highest BCUT2D eigenvalue weighted by Gasteiger charge is 2.05. The summed E-state index contributed by atoms with van der Waals surface area (Å²) in [7, 11) is 0. The second kappa shape index (κ2) is 8.16. The van der Waals surface area contributed by atoms with E-state index < -0.39 is 0 Å². The summed E-state index contributed by atoms with van der Waals surface area (Å²) in [6.45, 7) is 4.51. The lowest BCUT2D eigenvalue weighted by Crippen LogP contribution is -2.26. The molecule has 0 saturated carbocycles. The molecule has 100 valence electrons. The number of carbonyl (C=O) groups excluding carboxylic acids is 1. The van der Waals surface area contributed by atoms with E-state index in [9.17, 15) is 4.79 Å². The van der Waals surface area contributed by atoms with Gasteiger partial charge in [0.2, 0.25) is 5.91 Å². The van der Waals surface area contributed by atoms with Crippen molar-refractivity contribution in [3.63, 3.8) is 0 Å². The molecule has 0 saturated heterocycles. The van der Waals surface area contributed by atoms with Crippen LogP contribution in [-0.4, -0.2) is 24.0 Å². The Balaban J connectivity index is 2.53. The Morgan fingerprint density at radius 1 is 1.39 bits per heavy atom. The molecule has 1 unspecified atom stereocenters. The maximum Gasteiger partial charge on any atom is 0.221 e. The molecule has 1 aromatic carbocycles. The predicted octanol–water partition coefficient (Wildman–Crippen LogP) is 2.88. The summed E-state index contributed by atoms with van der Waals surface area (Å²) >= 11 is 1.87. The van der Waals surface area contributed by atoms with Crippen molar-refractivity contribution in [2.75, 3.05) is 17.3 Å². The van der Waals surface area contributed by atoms with Crippen molar-refractivity contribution in [2.45, 2.75) is 32.9 Å². The maximum atomic E-state index is 11.1. The van der Waals surface area contributed by atoms with Crippen LogP contribution in [0, 0.1) is 0 Å². The molecular formula is C14H22N2OS. The minimum absolute atomic E-state index is 0.0297. The first kappa shape index (κ1) is 15.1. The minimum Gasteiger partial charge on any atom is -0.326 e. The van der Waals surface area contributed by atoms with Gasteiger partial charge in [0.05, 0.1) is 0 Å². The van der Waals surface area contributed by atoms with Crippen LogP contribution in [0.15, 0.2) is 24.3 Å². The topological polar surface area (TPSA) is 41.1 Å². The Labute approximate surface area is 114 Å². The van der Waals surface area contributed by atoms with Crippen molar-refractivity contribution < 1.29 is 4.79 Å². The predicted molar refractivity (Wildman–Crippen MR) is 80.0 cm³/mol. The molecule has 1 aromatic rings. The summed E-state index contributed by atoms with van der Waals surface area (Å²) in [4.78, 5) is 11.1. The van der Waals surface area contributed by atoms with Gasteiger partial charge in [0.25, 0.3) is 0 Å². The summed E-state index contributed by atoms with van der Waals surface area (Å²) in [5.41, 5.74) is 2.03. The van der Waals surface area contributed by atoms with Crippen molar-refractivity contribution in [2.24, 2.45) is 0 Å². The van der Waals surface area contributed by atoms with Crippen LogP contribution >= 0.6 is 11.8 Å².